The molecule has 206 valence electrons. The molecule has 0 saturated carbocycles. The van der Waals surface area contributed by atoms with E-state index in [9.17, 15) is 22.8 Å². The molecule has 0 fully saturated rings. The van der Waals surface area contributed by atoms with E-state index in [4.69, 9.17) is 4.74 Å². The number of rotatable bonds is 5. The molecule has 0 aromatic carbocycles. The third-order valence-corrected chi connectivity index (χ3v) is 8.98. The summed E-state index contributed by atoms with van der Waals surface area (Å²) >= 11 is 2.57. The van der Waals surface area contributed by atoms with Gasteiger partial charge >= 0.3 is 12.1 Å². The second-order valence-corrected chi connectivity index (χ2v) is 12.5. The fraction of sp³-hybridized carbons (Fsp3) is 0.407. The third kappa shape index (κ3) is 5.31. The van der Waals surface area contributed by atoms with E-state index in [-0.39, 0.29) is 29.1 Å². The van der Waals surface area contributed by atoms with Crippen molar-refractivity contribution in [3.05, 3.63) is 57.0 Å². The molecule has 4 heterocycles. The van der Waals surface area contributed by atoms with Crippen LogP contribution in [0.3, 0.4) is 0 Å². The zero-order valence-corrected chi connectivity index (χ0v) is 23.4. The number of fused-ring (bicyclic) bond motifs is 2. The Morgan fingerprint density at radius 2 is 2.00 bits per heavy atom. The number of carbonyl (C=O) groups excluding carboxylic acids is 2. The van der Waals surface area contributed by atoms with Gasteiger partial charge < -0.3 is 10.1 Å². The van der Waals surface area contributed by atoms with Crippen LogP contribution in [0.1, 0.15) is 71.1 Å². The van der Waals surface area contributed by atoms with Gasteiger partial charge in [0.2, 0.25) is 0 Å². The van der Waals surface area contributed by atoms with E-state index in [1.54, 1.807) is 24.4 Å². The van der Waals surface area contributed by atoms with Crippen LogP contribution in [0.15, 0.2) is 29.6 Å². The Morgan fingerprint density at radius 1 is 1.23 bits per heavy atom. The molecule has 1 amide bonds. The van der Waals surface area contributed by atoms with E-state index < -0.39 is 23.7 Å². The molecule has 0 radical (unpaired) electrons. The summed E-state index contributed by atoms with van der Waals surface area (Å²) in [5.74, 6) is -0.857. The zero-order valence-electron chi connectivity index (χ0n) is 21.8. The van der Waals surface area contributed by atoms with E-state index in [1.807, 2.05) is 0 Å². The monoisotopic (exact) mass is 576 g/mol. The van der Waals surface area contributed by atoms with Gasteiger partial charge in [0.05, 0.1) is 22.7 Å². The summed E-state index contributed by atoms with van der Waals surface area (Å²) in [6.07, 6.45) is -2.38. The third-order valence-electron chi connectivity index (χ3n) is 6.92. The largest absolute Gasteiger partial charge is 0.462 e. The Labute approximate surface area is 231 Å². The van der Waals surface area contributed by atoms with Crippen LogP contribution in [0.4, 0.5) is 18.2 Å². The smallest absolute Gasteiger partial charge is 0.433 e. The van der Waals surface area contributed by atoms with Crippen LogP contribution in [0.5, 0.6) is 0 Å². The summed E-state index contributed by atoms with van der Waals surface area (Å²) in [6, 6.07) is 5.54. The van der Waals surface area contributed by atoms with Crippen molar-refractivity contribution in [2.75, 3.05) is 11.9 Å². The summed E-state index contributed by atoms with van der Waals surface area (Å²) in [6.45, 7) is 8.43. The number of hydrogen-bond acceptors (Lipinski definition) is 7. The number of ether oxygens (including phenoxy) is 1. The van der Waals surface area contributed by atoms with Gasteiger partial charge in [0.15, 0.2) is 17.0 Å². The first-order valence-electron chi connectivity index (χ1n) is 12.5. The molecule has 12 heteroatoms. The van der Waals surface area contributed by atoms with Gasteiger partial charge in [0.1, 0.15) is 5.00 Å². The Morgan fingerprint density at radius 3 is 2.64 bits per heavy atom. The molecule has 1 aliphatic carbocycles. The number of anilines is 1. The highest BCUT2D eigenvalue weighted by atomic mass is 32.1. The normalized spacial score (nSPS) is 15.8. The molecule has 0 spiro atoms. The SMILES string of the molecule is CCOC(=O)c1c(NC(=O)c2cc3nc(-c4cccs4)cc(C(F)(F)F)n3n2)sc2c1CC[C@H](C(C)(C)C)C2. The fourth-order valence-electron chi connectivity index (χ4n) is 4.84. The van der Waals surface area contributed by atoms with Gasteiger partial charge in [-0.2, -0.15) is 18.3 Å². The second-order valence-electron chi connectivity index (χ2n) is 10.5. The van der Waals surface area contributed by atoms with Gasteiger partial charge in [0.25, 0.3) is 5.91 Å². The molecule has 1 aliphatic rings. The summed E-state index contributed by atoms with van der Waals surface area (Å²) in [5.41, 5.74) is 0.00748. The van der Waals surface area contributed by atoms with E-state index in [1.165, 1.54) is 28.7 Å². The molecule has 4 aromatic rings. The lowest BCUT2D eigenvalue weighted by molar-refractivity contribution is -0.142. The number of esters is 1. The number of thiophene rings is 2. The number of halogens is 3. The first kappa shape index (κ1) is 27.3. The standard InChI is InChI=1S/C27H27F3N4O3S2/c1-5-37-25(36)22-15-9-8-14(26(2,3)4)11-19(15)39-24(22)32-23(35)17-13-21-31-16(18-7-6-10-38-18)12-20(27(28,29)30)34(21)33-17/h6-7,10,12-14H,5,8-9,11H2,1-4H3,(H,32,35)/t14-/m0/s1. The Hall–Kier alpha value is -3.25. The maximum atomic E-state index is 13.9. The van der Waals surface area contributed by atoms with Crippen LogP contribution >= 0.6 is 22.7 Å². The highest BCUT2D eigenvalue weighted by molar-refractivity contribution is 7.17. The molecule has 0 aliphatic heterocycles. The fourth-order valence-corrected chi connectivity index (χ4v) is 6.83. The van der Waals surface area contributed by atoms with Crippen molar-refractivity contribution < 1.29 is 27.5 Å². The Balaban J connectivity index is 1.52. The first-order chi connectivity index (χ1) is 18.4. The van der Waals surface area contributed by atoms with Crippen LogP contribution in [-0.4, -0.2) is 33.1 Å². The van der Waals surface area contributed by atoms with Crippen molar-refractivity contribution in [3.63, 3.8) is 0 Å². The van der Waals surface area contributed by atoms with Crippen molar-refractivity contribution in [1.82, 2.24) is 14.6 Å². The predicted molar refractivity (Wildman–Crippen MR) is 145 cm³/mol. The average molecular weight is 577 g/mol. The van der Waals surface area contributed by atoms with Crippen molar-refractivity contribution in [2.45, 2.75) is 53.1 Å². The molecule has 1 atom stereocenters. The van der Waals surface area contributed by atoms with Crippen LogP contribution < -0.4 is 5.32 Å². The van der Waals surface area contributed by atoms with E-state index in [0.717, 1.165) is 29.3 Å². The van der Waals surface area contributed by atoms with E-state index in [2.05, 4.69) is 36.2 Å². The number of aromatic nitrogens is 3. The quantitative estimate of drug-likeness (QED) is 0.256. The van der Waals surface area contributed by atoms with Crippen molar-refractivity contribution in [2.24, 2.45) is 11.3 Å². The zero-order chi connectivity index (χ0) is 28.1. The minimum Gasteiger partial charge on any atom is -0.462 e. The lowest BCUT2D eigenvalue weighted by atomic mass is 9.72. The average Bonchev–Trinajstić information content (AvgIpc) is 3.59. The molecular weight excluding hydrogens is 549 g/mol. The van der Waals surface area contributed by atoms with E-state index >= 15 is 0 Å². The van der Waals surface area contributed by atoms with Gasteiger partial charge in [-0.1, -0.05) is 26.8 Å². The number of hydrogen-bond donors (Lipinski definition) is 1. The second kappa shape index (κ2) is 10.1. The molecule has 0 saturated heterocycles. The highest BCUT2D eigenvalue weighted by Gasteiger charge is 2.37. The van der Waals surface area contributed by atoms with Gasteiger partial charge in [-0.05, 0) is 60.6 Å². The maximum Gasteiger partial charge on any atom is 0.433 e. The van der Waals surface area contributed by atoms with Crippen molar-refractivity contribution >= 4 is 45.2 Å². The summed E-state index contributed by atoms with van der Waals surface area (Å²) in [7, 11) is 0. The lowest BCUT2D eigenvalue weighted by Crippen LogP contribution is -2.26. The van der Waals surface area contributed by atoms with Gasteiger partial charge in [-0.3, -0.25) is 4.79 Å². The van der Waals surface area contributed by atoms with Crippen molar-refractivity contribution in [3.8, 4) is 10.6 Å². The van der Waals surface area contributed by atoms with Gasteiger partial charge in [-0.15, -0.1) is 22.7 Å². The summed E-state index contributed by atoms with van der Waals surface area (Å²) in [5, 5.41) is 8.75. The van der Waals surface area contributed by atoms with Crippen LogP contribution in [-0.2, 0) is 23.8 Å². The summed E-state index contributed by atoms with van der Waals surface area (Å²) < 4.78 is 47.7. The number of nitrogens with zero attached hydrogens (tertiary/aromatic N) is 3. The minimum atomic E-state index is -4.72. The molecule has 0 unspecified atom stereocenters. The van der Waals surface area contributed by atoms with Crippen LogP contribution in [0.2, 0.25) is 0 Å². The molecule has 1 N–H and O–H groups in total. The van der Waals surface area contributed by atoms with E-state index in [0.29, 0.717) is 32.3 Å². The number of carbonyl (C=O) groups is 2. The number of nitrogens with one attached hydrogen (secondary N) is 1. The molecule has 5 rings (SSSR count). The highest BCUT2D eigenvalue weighted by Crippen LogP contribution is 2.44. The molecule has 0 bridgehead atoms. The number of alkyl halides is 3. The Bertz CT molecular complexity index is 1550. The van der Waals surface area contributed by atoms with Gasteiger partial charge in [0, 0.05) is 10.9 Å². The van der Waals surface area contributed by atoms with Crippen LogP contribution in [0, 0.1) is 11.3 Å². The molecule has 4 aromatic heterocycles. The molecule has 7 nitrogen and oxygen atoms in total. The van der Waals surface area contributed by atoms with Crippen molar-refractivity contribution in [1.29, 1.82) is 0 Å². The first-order valence-corrected chi connectivity index (χ1v) is 14.2. The predicted octanol–water partition coefficient (Wildman–Crippen LogP) is 7.12. The lowest BCUT2D eigenvalue weighted by Gasteiger charge is -2.33. The maximum absolute atomic E-state index is 13.9. The van der Waals surface area contributed by atoms with Gasteiger partial charge in [-0.25, -0.2) is 14.3 Å². The number of amides is 1. The molecule has 39 heavy (non-hydrogen) atoms. The summed E-state index contributed by atoms with van der Waals surface area (Å²) in [4.78, 5) is 32.1. The Kier molecular flexibility index (Phi) is 7.04. The topological polar surface area (TPSA) is 85.6 Å². The molecular formula is C27H27F3N4O3S2. The van der Waals surface area contributed by atoms with Crippen LogP contribution in [0.25, 0.3) is 16.2 Å². The minimum absolute atomic E-state index is 0.0802.